The number of nitrogen functional groups attached to an aromatic ring is 2. The Balaban J connectivity index is 1.85. The number of fused-ring (bicyclic) bond motifs is 1. The maximum atomic E-state index is 10.9. The molecule has 7 heteroatoms. The number of carboxylic acid groups (broad SMARTS) is 1. The van der Waals surface area contributed by atoms with Crippen LogP contribution in [0.3, 0.4) is 0 Å². The van der Waals surface area contributed by atoms with Gasteiger partial charge in [0.05, 0.1) is 5.52 Å². The van der Waals surface area contributed by atoms with Gasteiger partial charge in [0.2, 0.25) is 5.95 Å². The molecule has 5 N–H and O–H groups in total. The zero-order valence-electron chi connectivity index (χ0n) is 14.5. The first-order valence-corrected chi connectivity index (χ1v) is 8.26. The first kappa shape index (κ1) is 17.5. The van der Waals surface area contributed by atoms with Crippen molar-refractivity contribution >= 4 is 34.3 Å². The third-order valence-corrected chi connectivity index (χ3v) is 4.24. The van der Waals surface area contributed by atoms with E-state index in [-0.39, 0.29) is 12.4 Å². The fraction of sp³-hybridized carbons (Fsp3) is 0.211. The second kappa shape index (κ2) is 7.26. The molecular weight excluding hydrogens is 330 g/mol. The van der Waals surface area contributed by atoms with Crippen LogP contribution in [-0.4, -0.2) is 28.1 Å². The summed E-state index contributed by atoms with van der Waals surface area (Å²) in [5.41, 5.74) is 15.3. The van der Waals surface area contributed by atoms with Crippen LogP contribution in [-0.2, 0) is 17.8 Å². The zero-order chi connectivity index (χ0) is 18.7. The third-order valence-electron chi connectivity index (χ3n) is 4.24. The Kier molecular flexibility index (Phi) is 4.88. The van der Waals surface area contributed by atoms with Gasteiger partial charge < -0.3 is 21.5 Å². The number of aryl methyl sites for hydroxylation is 1. The Morgan fingerprint density at radius 2 is 1.92 bits per heavy atom. The Morgan fingerprint density at radius 1 is 1.15 bits per heavy atom. The predicted molar refractivity (Wildman–Crippen MR) is 103 cm³/mol. The minimum atomic E-state index is -0.799. The first-order chi connectivity index (χ1) is 12.4. The molecule has 0 bridgehead atoms. The lowest BCUT2D eigenvalue weighted by Crippen LogP contribution is -2.18. The van der Waals surface area contributed by atoms with Gasteiger partial charge in [-0.1, -0.05) is 24.3 Å². The number of hydrogen-bond donors (Lipinski definition) is 3. The van der Waals surface area contributed by atoms with Crippen molar-refractivity contribution in [2.75, 3.05) is 23.4 Å². The highest BCUT2D eigenvalue weighted by Gasteiger charge is 2.10. The van der Waals surface area contributed by atoms with Gasteiger partial charge in [0.15, 0.2) is 0 Å². The van der Waals surface area contributed by atoms with E-state index in [9.17, 15) is 4.79 Å². The average molecular weight is 351 g/mol. The van der Waals surface area contributed by atoms with Gasteiger partial charge in [-0.3, -0.25) is 4.79 Å². The van der Waals surface area contributed by atoms with Gasteiger partial charge >= 0.3 is 5.97 Å². The van der Waals surface area contributed by atoms with Gasteiger partial charge in [-0.2, -0.15) is 4.98 Å². The van der Waals surface area contributed by atoms with E-state index in [1.807, 2.05) is 49.5 Å². The summed E-state index contributed by atoms with van der Waals surface area (Å²) in [5, 5.41) is 9.71. The lowest BCUT2D eigenvalue weighted by Gasteiger charge is -2.22. The normalized spacial score (nSPS) is 10.8. The van der Waals surface area contributed by atoms with Crippen molar-refractivity contribution in [2.45, 2.75) is 19.4 Å². The third kappa shape index (κ3) is 3.83. The summed E-state index contributed by atoms with van der Waals surface area (Å²) in [5.74, 6) is -0.280. The number of carbonyl (C=O) groups is 1. The van der Waals surface area contributed by atoms with E-state index in [2.05, 4.69) is 14.9 Å². The molecule has 0 atom stereocenters. The molecule has 0 aliphatic heterocycles. The Labute approximate surface area is 151 Å². The highest BCUT2D eigenvalue weighted by atomic mass is 16.4. The lowest BCUT2D eigenvalue weighted by molar-refractivity contribution is -0.136. The van der Waals surface area contributed by atoms with Crippen LogP contribution >= 0.6 is 0 Å². The Bertz CT molecular complexity index is 958. The molecule has 0 unspecified atom stereocenters. The average Bonchev–Trinajstić information content (AvgIpc) is 2.59. The van der Waals surface area contributed by atoms with E-state index >= 15 is 0 Å². The minimum absolute atomic E-state index is 0.107. The number of rotatable bonds is 6. The van der Waals surface area contributed by atoms with Crippen molar-refractivity contribution in [2.24, 2.45) is 0 Å². The number of benzene rings is 2. The molecule has 0 radical (unpaired) electrons. The highest BCUT2D eigenvalue weighted by Crippen LogP contribution is 2.24. The second-order valence-electron chi connectivity index (χ2n) is 6.20. The van der Waals surface area contributed by atoms with Crippen LogP contribution < -0.4 is 16.4 Å². The van der Waals surface area contributed by atoms with Gasteiger partial charge in [0.25, 0.3) is 0 Å². The summed E-state index contributed by atoms with van der Waals surface area (Å²) < 4.78 is 0. The molecule has 3 rings (SSSR count). The molecule has 0 aliphatic carbocycles. The first-order valence-electron chi connectivity index (χ1n) is 8.26. The summed E-state index contributed by atoms with van der Waals surface area (Å²) in [6, 6.07) is 13.6. The quantitative estimate of drug-likeness (QED) is 0.624. The molecule has 1 aromatic heterocycles. The SMILES string of the molecule is CN(Cc1ccc2c(N)nc(N)nc2c1)c1ccccc1CCC(=O)O. The topological polar surface area (TPSA) is 118 Å². The number of aromatic nitrogens is 2. The van der Waals surface area contributed by atoms with Crippen LogP contribution in [0.1, 0.15) is 17.5 Å². The van der Waals surface area contributed by atoms with Gasteiger partial charge in [0.1, 0.15) is 5.82 Å². The number of nitrogens with two attached hydrogens (primary N) is 2. The minimum Gasteiger partial charge on any atom is -0.481 e. The standard InChI is InChI=1S/C19H21N5O2/c1-24(16-5-3-2-4-13(16)7-9-17(25)26)11-12-6-8-14-15(10-12)22-19(21)23-18(14)20/h2-6,8,10H,7,9,11H2,1H3,(H,25,26)(H4,20,21,22,23). The van der Waals surface area contributed by atoms with Crippen molar-refractivity contribution in [3.63, 3.8) is 0 Å². The molecule has 1 heterocycles. The molecule has 134 valence electrons. The van der Waals surface area contributed by atoms with Crippen molar-refractivity contribution in [1.29, 1.82) is 0 Å². The van der Waals surface area contributed by atoms with E-state index in [0.717, 1.165) is 22.2 Å². The maximum Gasteiger partial charge on any atom is 0.303 e. The predicted octanol–water partition coefficient (Wildman–Crippen LogP) is 2.45. The fourth-order valence-corrected chi connectivity index (χ4v) is 3.01. The fourth-order valence-electron chi connectivity index (χ4n) is 3.01. The number of para-hydroxylation sites is 1. The largest absolute Gasteiger partial charge is 0.481 e. The molecule has 26 heavy (non-hydrogen) atoms. The molecule has 0 aliphatic rings. The smallest absolute Gasteiger partial charge is 0.303 e. The number of aliphatic carboxylic acids is 1. The molecular formula is C19H21N5O2. The van der Waals surface area contributed by atoms with Gasteiger partial charge in [-0.15, -0.1) is 0 Å². The van der Waals surface area contributed by atoms with Crippen LogP contribution in [0, 0.1) is 0 Å². The number of nitrogens with zero attached hydrogens (tertiary/aromatic N) is 3. The number of hydrogen-bond acceptors (Lipinski definition) is 6. The molecule has 0 spiro atoms. The molecule has 0 amide bonds. The number of anilines is 3. The van der Waals surface area contributed by atoms with Crippen molar-refractivity contribution in [3.05, 3.63) is 53.6 Å². The summed E-state index contributed by atoms with van der Waals surface area (Å²) in [7, 11) is 1.98. The monoisotopic (exact) mass is 351 g/mol. The Hall–Kier alpha value is -3.35. The Morgan fingerprint density at radius 3 is 2.69 bits per heavy atom. The van der Waals surface area contributed by atoms with E-state index in [0.29, 0.717) is 24.3 Å². The lowest BCUT2D eigenvalue weighted by atomic mass is 10.1. The summed E-state index contributed by atoms with van der Waals surface area (Å²) >= 11 is 0. The molecule has 7 nitrogen and oxygen atoms in total. The summed E-state index contributed by atoms with van der Waals surface area (Å²) in [4.78, 5) is 21.2. The van der Waals surface area contributed by atoms with E-state index in [1.165, 1.54) is 0 Å². The van der Waals surface area contributed by atoms with Gasteiger partial charge in [0, 0.05) is 31.1 Å². The van der Waals surface area contributed by atoms with Crippen molar-refractivity contribution < 1.29 is 9.90 Å². The summed E-state index contributed by atoms with van der Waals surface area (Å²) in [6.45, 7) is 0.643. The van der Waals surface area contributed by atoms with Crippen LogP contribution in [0.5, 0.6) is 0 Å². The summed E-state index contributed by atoms with van der Waals surface area (Å²) in [6.07, 6.45) is 0.601. The second-order valence-corrected chi connectivity index (χ2v) is 6.20. The van der Waals surface area contributed by atoms with Crippen molar-refractivity contribution in [3.8, 4) is 0 Å². The molecule has 2 aromatic carbocycles. The maximum absolute atomic E-state index is 10.9. The number of carboxylic acids is 1. The van der Waals surface area contributed by atoms with Gasteiger partial charge in [-0.25, -0.2) is 4.98 Å². The molecule has 0 fully saturated rings. The molecule has 0 saturated carbocycles. The molecule has 3 aromatic rings. The van der Waals surface area contributed by atoms with Crippen molar-refractivity contribution in [1.82, 2.24) is 9.97 Å². The molecule has 0 saturated heterocycles. The highest BCUT2D eigenvalue weighted by molar-refractivity contribution is 5.89. The van der Waals surface area contributed by atoms with Crippen LogP contribution in [0.15, 0.2) is 42.5 Å². The van der Waals surface area contributed by atoms with E-state index in [1.54, 1.807) is 0 Å². The zero-order valence-corrected chi connectivity index (χ0v) is 14.5. The van der Waals surface area contributed by atoms with E-state index < -0.39 is 5.97 Å². The van der Waals surface area contributed by atoms with Crippen LogP contribution in [0.25, 0.3) is 10.9 Å². The van der Waals surface area contributed by atoms with Crippen LogP contribution in [0.4, 0.5) is 17.5 Å². The van der Waals surface area contributed by atoms with Gasteiger partial charge in [-0.05, 0) is 35.7 Å². The van der Waals surface area contributed by atoms with Crippen LogP contribution in [0.2, 0.25) is 0 Å². The van der Waals surface area contributed by atoms with E-state index in [4.69, 9.17) is 16.6 Å².